The molecule has 0 aliphatic heterocycles. The summed E-state index contributed by atoms with van der Waals surface area (Å²) >= 11 is -1.25. The van der Waals surface area contributed by atoms with E-state index in [1.54, 1.807) is 0 Å². The van der Waals surface area contributed by atoms with Gasteiger partial charge in [0, 0.05) is 0 Å². The number of carboxylic acid groups (broad SMARTS) is 1. The van der Waals surface area contributed by atoms with E-state index in [4.69, 9.17) is 18.2 Å². The second-order valence-corrected chi connectivity index (χ2v) is 0.870. The number of hydrogen-bond acceptors (Lipinski definition) is 4. The van der Waals surface area contributed by atoms with Crippen LogP contribution in [-0.4, -0.2) is 30.2 Å². The van der Waals surface area contributed by atoms with Crippen LogP contribution in [0.15, 0.2) is 12.7 Å². The molecule has 0 fully saturated rings. The van der Waals surface area contributed by atoms with Gasteiger partial charge in [0.2, 0.25) is 0 Å². The normalized spacial score (nSPS) is 5.25. The minimum atomic E-state index is -1.25. The van der Waals surface area contributed by atoms with E-state index >= 15 is 0 Å². The van der Waals surface area contributed by atoms with E-state index in [-0.39, 0.29) is 0 Å². The molecule has 0 heterocycles. The van der Waals surface area contributed by atoms with Crippen molar-refractivity contribution in [2.45, 2.75) is 0 Å². The van der Waals surface area contributed by atoms with Crippen LogP contribution >= 0.6 is 0 Å². The summed E-state index contributed by atoms with van der Waals surface area (Å²) < 4.78 is 14.4. The Morgan fingerprint density at radius 2 is 1.88 bits per heavy atom. The van der Waals surface area contributed by atoms with E-state index < -0.39 is 21.9 Å². The summed E-state index contributed by atoms with van der Waals surface area (Å²) in [7, 11) is 0. The Balaban J connectivity index is 0. The van der Waals surface area contributed by atoms with Crippen molar-refractivity contribution >= 4 is 21.9 Å². The van der Waals surface area contributed by atoms with Crippen molar-refractivity contribution in [3.05, 3.63) is 12.7 Å². The SMILES string of the molecule is C=CC(=O)[O-].[OH][Al+][OH]. The summed E-state index contributed by atoms with van der Waals surface area (Å²) in [4.78, 5) is 9.14. The number of carbonyl (C=O) groups is 1. The zero-order valence-corrected chi connectivity index (χ0v) is 5.23. The van der Waals surface area contributed by atoms with E-state index in [0.717, 1.165) is 6.08 Å². The van der Waals surface area contributed by atoms with Crippen molar-refractivity contribution in [3.8, 4) is 0 Å². The summed E-state index contributed by atoms with van der Waals surface area (Å²) in [6.07, 6.45) is 0.722. The molecular weight excluding hydrogens is 127 g/mol. The Morgan fingerprint density at radius 1 is 1.75 bits per heavy atom. The maximum atomic E-state index is 9.14. The first-order valence-electron chi connectivity index (χ1n) is 1.62. The average Bonchev–Trinajstić information content (AvgIpc) is 1.69. The van der Waals surface area contributed by atoms with Gasteiger partial charge in [-0.25, -0.2) is 0 Å². The molecule has 0 aliphatic carbocycles. The van der Waals surface area contributed by atoms with Crippen LogP contribution in [-0.2, 0) is 4.79 Å². The summed E-state index contributed by atoms with van der Waals surface area (Å²) in [6, 6.07) is 0. The molecule has 44 valence electrons. The van der Waals surface area contributed by atoms with Crippen molar-refractivity contribution in [1.82, 2.24) is 0 Å². The van der Waals surface area contributed by atoms with Crippen LogP contribution in [0.1, 0.15) is 0 Å². The Labute approximate surface area is 53.5 Å². The van der Waals surface area contributed by atoms with Crippen LogP contribution in [0.4, 0.5) is 0 Å². The first-order chi connectivity index (χ1) is 3.68. The van der Waals surface area contributed by atoms with Crippen molar-refractivity contribution in [2.75, 3.05) is 0 Å². The van der Waals surface area contributed by atoms with Crippen LogP contribution in [0.3, 0.4) is 0 Å². The van der Waals surface area contributed by atoms with E-state index in [2.05, 4.69) is 6.58 Å². The van der Waals surface area contributed by atoms with Crippen LogP contribution in [0.25, 0.3) is 0 Å². The molecule has 0 spiro atoms. The van der Waals surface area contributed by atoms with Crippen molar-refractivity contribution in [3.63, 3.8) is 0 Å². The summed E-state index contributed by atoms with van der Waals surface area (Å²) in [5.41, 5.74) is 0. The number of hydrogen-bond donors (Lipinski definition) is 2. The van der Waals surface area contributed by atoms with E-state index in [0.29, 0.717) is 0 Å². The topological polar surface area (TPSA) is 80.6 Å². The number of aliphatic carboxylic acids is 1. The first kappa shape index (κ1) is 10.6. The van der Waals surface area contributed by atoms with E-state index in [1.807, 2.05) is 0 Å². The molecule has 0 radical (unpaired) electrons. The van der Waals surface area contributed by atoms with Gasteiger partial charge >= 0.3 is 24.2 Å². The monoisotopic (exact) mass is 132 g/mol. The van der Waals surface area contributed by atoms with Crippen LogP contribution in [0, 0.1) is 0 Å². The van der Waals surface area contributed by atoms with Crippen molar-refractivity contribution < 1.29 is 18.2 Å². The number of carboxylic acids is 1. The Morgan fingerprint density at radius 3 is 1.88 bits per heavy atom. The predicted molar refractivity (Wildman–Crippen MR) is 25.4 cm³/mol. The predicted octanol–water partition coefficient (Wildman–Crippen LogP) is -2.57. The second-order valence-electron chi connectivity index (χ2n) is 0.639. The Kier molecular flexibility index (Phi) is 13.0. The third kappa shape index (κ3) is 44.5. The van der Waals surface area contributed by atoms with Gasteiger partial charge in [-0.15, -0.1) is 0 Å². The quantitative estimate of drug-likeness (QED) is 0.303. The van der Waals surface area contributed by atoms with E-state index in [1.165, 1.54) is 0 Å². The fourth-order valence-corrected chi connectivity index (χ4v) is 0. The van der Waals surface area contributed by atoms with Crippen molar-refractivity contribution in [1.29, 1.82) is 0 Å². The first-order valence-corrected chi connectivity index (χ1v) is 2.65. The van der Waals surface area contributed by atoms with Gasteiger partial charge in [0.15, 0.2) is 0 Å². The van der Waals surface area contributed by atoms with Gasteiger partial charge in [-0.3, -0.25) is 0 Å². The third-order valence-corrected chi connectivity index (χ3v) is 0.167. The molecule has 0 amide bonds. The molecule has 4 nitrogen and oxygen atoms in total. The van der Waals surface area contributed by atoms with Gasteiger partial charge in [0.05, 0.1) is 5.97 Å². The number of carbonyl (C=O) groups excluding carboxylic acids is 1. The average molecular weight is 132 g/mol. The number of rotatable bonds is 1. The Hall–Kier alpha value is -0.338. The molecule has 2 N–H and O–H groups in total. The molecule has 0 saturated heterocycles. The van der Waals surface area contributed by atoms with Crippen LogP contribution in [0.2, 0.25) is 0 Å². The molecule has 0 aromatic carbocycles. The summed E-state index contributed by atoms with van der Waals surface area (Å²) in [5, 5.41) is 9.14. The third-order valence-electron chi connectivity index (χ3n) is 0.167. The molecule has 8 heavy (non-hydrogen) atoms. The summed E-state index contributed by atoms with van der Waals surface area (Å²) in [5.74, 6) is -1.23. The molecule has 0 rings (SSSR count). The van der Waals surface area contributed by atoms with Crippen LogP contribution in [0.5, 0.6) is 0 Å². The minimum absolute atomic E-state index is 0.722. The molecular formula is C3H5AlO4. The zero-order valence-electron chi connectivity index (χ0n) is 4.07. The van der Waals surface area contributed by atoms with E-state index in [9.17, 15) is 0 Å². The van der Waals surface area contributed by atoms with Crippen molar-refractivity contribution in [2.24, 2.45) is 0 Å². The van der Waals surface area contributed by atoms with Gasteiger partial charge in [-0.05, 0) is 6.08 Å². The maximum absolute atomic E-state index is 9.14. The molecule has 0 aromatic heterocycles. The van der Waals surface area contributed by atoms with Gasteiger partial charge < -0.3 is 9.90 Å². The Bertz CT molecular complexity index is 71.7. The molecule has 0 aliphatic rings. The fourth-order valence-electron chi connectivity index (χ4n) is 0. The fraction of sp³-hybridized carbons (Fsp3) is 0. The standard InChI is InChI=1S/C3H4O2.Al.2H2O/c1-2-3(4)5;;;/h2H,1H2,(H,4,5);;2*1H2/q;+3;;/p-3. The molecule has 0 aromatic rings. The summed E-state index contributed by atoms with van der Waals surface area (Å²) in [6.45, 7) is 2.90. The van der Waals surface area contributed by atoms with Gasteiger partial charge in [-0.1, -0.05) is 6.58 Å². The second kappa shape index (κ2) is 9.83. The molecule has 0 unspecified atom stereocenters. The molecule has 0 bridgehead atoms. The van der Waals surface area contributed by atoms with Gasteiger partial charge in [0.1, 0.15) is 0 Å². The molecule has 0 atom stereocenters. The van der Waals surface area contributed by atoms with Crippen LogP contribution < -0.4 is 5.11 Å². The van der Waals surface area contributed by atoms with Gasteiger partial charge in [0.25, 0.3) is 0 Å². The molecule has 0 saturated carbocycles. The zero-order chi connectivity index (χ0) is 6.99. The molecule has 5 heteroatoms. The van der Waals surface area contributed by atoms with Gasteiger partial charge in [-0.2, -0.15) is 0 Å².